The van der Waals surface area contributed by atoms with E-state index in [2.05, 4.69) is 37.4 Å². The van der Waals surface area contributed by atoms with Gasteiger partial charge in [-0.2, -0.15) is 0 Å². The maximum absolute atomic E-state index is 6.02. The number of hydrogen-bond acceptors (Lipinski definition) is 3. The van der Waals surface area contributed by atoms with E-state index < -0.39 is 0 Å². The number of nitrogens with one attached hydrogen (secondary N) is 1. The zero-order chi connectivity index (χ0) is 13.3. The third-order valence-electron chi connectivity index (χ3n) is 4.03. The Labute approximate surface area is 115 Å². The highest BCUT2D eigenvalue weighted by Gasteiger charge is 2.32. The molecule has 3 nitrogen and oxygen atoms in total. The summed E-state index contributed by atoms with van der Waals surface area (Å²) in [6.07, 6.45) is 4.74. The Kier molecular flexibility index (Phi) is 3.40. The molecule has 0 aromatic heterocycles. The predicted octanol–water partition coefficient (Wildman–Crippen LogP) is 3.38. The summed E-state index contributed by atoms with van der Waals surface area (Å²) >= 11 is 0. The van der Waals surface area contributed by atoms with Crippen LogP contribution in [0.15, 0.2) is 18.2 Å². The van der Waals surface area contributed by atoms with Gasteiger partial charge in [0, 0.05) is 17.8 Å². The summed E-state index contributed by atoms with van der Waals surface area (Å²) in [6, 6.07) is 6.27. The summed E-state index contributed by atoms with van der Waals surface area (Å²) in [6.45, 7) is 6.04. The standard InChI is InChI=1S/C16H23NO2/c1-16(2)9-8-12(19-16)11-18-15-7-3-6-14-13(15)5-4-10-17-14/h3,6-7,12,17H,4-5,8-11H2,1-2H3. The molecule has 3 rings (SSSR count). The second-order valence-corrected chi connectivity index (χ2v) is 6.16. The van der Waals surface area contributed by atoms with Gasteiger partial charge in [0.05, 0.1) is 11.7 Å². The fraction of sp³-hybridized carbons (Fsp3) is 0.625. The van der Waals surface area contributed by atoms with Crippen LogP contribution in [0.1, 0.15) is 38.7 Å². The van der Waals surface area contributed by atoms with Gasteiger partial charge < -0.3 is 14.8 Å². The zero-order valence-corrected chi connectivity index (χ0v) is 11.9. The molecule has 2 heterocycles. The molecule has 0 radical (unpaired) electrons. The average molecular weight is 261 g/mol. The van der Waals surface area contributed by atoms with E-state index in [9.17, 15) is 0 Å². The van der Waals surface area contributed by atoms with Gasteiger partial charge in [0.2, 0.25) is 0 Å². The smallest absolute Gasteiger partial charge is 0.124 e. The number of anilines is 1. The Bertz CT molecular complexity index is 456. The summed E-state index contributed by atoms with van der Waals surface area (Å²) < 4.78 is 12.0. The topological polar surface area (TPSA) is 30.5 Å². The number of hydrogen-bond donors (Lipinski definition) is 1. The van der Waals surface area contributed by atoms with Crippen LogP contribution in [0.2, 0.25) is 0 Å². The molecule has 0 spiro atoms. The first-order chi connectivity index (χ1) is 9.14. The van der Waals surface area contributed by atoms with E-state index in [0.29, 0.717) is 6.61 Å². The molecule has 1 atom stereocenters. The molecule has 1 fully saturated rings. The van der Waals surface area contributed by atoms with Gasteiger partial charge in [-0.3, -0.25) is 0 Å². The van der Waals surface area contributed by atoms with Crippen molar-refractivity contribution in [1.29, 1.82) is 0 Å². The summed E-state index contributed by atoms with van der Waals surface area (Å²) in [5.41, 5.74) is 2.58. The van der Waals surface area contributed by atoms with Crippen molar-refractivity contribution in [2.45, 2.75) is 51.2 Å². The second-order valence-electron chi connectivity index (χ2n) is 6.16. The Balaban J connectivity index is 1.64. The minimum atomic E-state index is 0.0195. The van der Waals surface area contributed by atoms with Crippen molar-refractivity contribution in [3.05, 3.63) is 23.8 Å². The normalized spacial score (nSPS) is 24.6. The quantitative estimate of drug-likeness (QED) is 0.904. The minimum Gasteiger partial charge on any atom is -0.491 e. The number of fused-ring (bicyclic) bond motifs is 1. The van der Waals surface area contributed by atoms with Crippen LogP contribution in [0.4, 0.5) is 5.69 Å². The van der Waals surface area contributed by atoms with E-state index in [-0.39, 0.29) is 11.7 Å². The monoisotopic (exact) mass is 261 g/mol. The average Bonchev–Trinajstić information content (AvgIpc) is 2.76. The van der Waals surface area contributed by atoms with E-state index >= 15 is 0 Å². The predicted molar refractivity (Wildman–Crippen MR) is 76.9 cm³/mol. The highest BCUT2D eigenvalue weighted by atomic mass is 16.6. The van der Waals surface area contributed by atoms with E-state index in [0.717, 1.165) is 31.6 Å². The molecule has 1 aromatic rings. The maximum atomic E-state index is 6.02. The van der Waals surface area contributed by atoms with Crippen molar-refractivity contribution in [3.63, 3.8) is 0 Å². The molecule has 0 aliphatic carbocycles. The van der Waals surface area contributed by atoms with Crippen LogP contribution in [-0.2, 0) is 11.2 Å². The second kappa shape index (κ2) is 5.04. The van der Waals surface area contributed by atoms with Gasteiger partial charge in [-0.15, -0.1) is 0 Å². The highest BCUT2D eigenvalue weighted by molar-refractivity contribution is 5.59. The first kappa shape index (κ1) is 12.8. The van der Waals surface area contributed by atoms with Gasteiger partial charge in [-0.05, 0) is 51.7 Å². The zero-order valence-electron chi connectivity index (χ0n) is 11.9. The Morgan fingerprint density at radius 3 is 3.11 bits per heavy atom. The van der Waals surface area contributed by atoms with Crippen molar-refractivity contribution in [2.75, 3.05) is 18.5 Å². The Morgan fingerprint density at radius 2 is 2.32 bits per heavy atom. The van der Waals surface area contributed by atoms with Gasteiger partial charge in [0.1, 0.15) is 12.4 Å². The highest BCUT2D eigenvalue weighted by Crippen LogP contribution is 2.33. The number of benzene rings is 1. The molecule has 1 aromatic carbocycles. The van der Waals surface area contributed by atoms with Crippen molar-refractivity contribution in [2.24, 2.45) is 0 Å². The fourth-order valence-electron chi connectivity index (χ4n) is 2.99. The molecule has 1 N–H and O–H groups in total. The minimum absolute atomic E-state index is 0.0195. The van der Waals surface area contributed by atoms with E-state index in [1.165, 1.54) is 17.7 Å². The third kappa shape index (κ3) is 2.86. The molecule has 1 saturated heterocycles. The number of rotatable bonds is 3. The maximum Gasteiger partial charge on any atom is 0.124 e. The third-order valence-corrected chi connectivity index (χ3v) is 4.03. The van der Waals surface area contributed by atoms with E-state index in [1.807, 2.05) is 0 Å². The Hall–Kier alpha value is -1.22. The molecule has 1 unspecified atom stereocenters. The van der Waals surface area contributed by atoms with Gasteiger partial charge in [-0.25, -0.2) is 0 Å². The Morgan fingerprint density at radius 1 is 1.42 bits per heavy atom. The molecule has 104 valence electrons. The summed E-state index contributed by atoms with van der Waals surface area (Å²) in [4.78, 5) is 0. The first-order valence-corrected chi connectivity index (χ1v) is 7.30. The lowest BCUT2D eigenvalue weighted by atomic mass is 10.0. The van der Waals surface area contributed by atoms with Crippen LogP contribution in [0.25, 0.3) is 0 Å². The van der Waals surface area contributed by atoms with Crippen LogP contribution in [-0.4, -0.2) is 24.9 Å². The number of ether oxygens (including phenoxy) is 2. The van der Waals surface area contributed by atoms with E-state index in [1.54, 1.807) is 0 Å². The summed E-state index contributed by atoms with van der Waals surface area (Å²) in [5, 5.41) is 3.43. The van der Waals surface area contributed by atoms with Crippen LogP contribution in [0.5, 0.6) is 5.75 Å². The van der Waals surface area contributed by atoms with Crippen molar-refractivity contribution >= 4 is 5.69 Å². The molecule has 0 saturated carbocycles. The lowest BCUT2D eigenvalue weighted by molar-refractivity contribution is -0.0327. The molecule has 3 heteroatoms. The summed E-state index contributed by atoms with van der Waals surface area (Å²) in [7, 11) is 0. The molecule has 2 aliphatic heterocycles. The van der Waals surface area contributed by atoms with Crippen LogP contribution >= 0.6 is 0 Å². The fourth-order valence-corrected chi connectivity index (χ4v) is 2.99. The summed E-state index contributed by atoms with van der Waals surface area (Å²) in [5.74, 6) is 1.03. The van der Waals surface area contributed by atoms with Crippen molar-refractivity contribution in [3.8, 4) is 5.75 Å². The van der Waals surface area contributed by atoms with Crippen molar-refractivity contribution in [1.82, 2.24) is 0 Å². The van der Waals surface area contributed by atoms with Crippen LogP contribution in [0.3, 0.4) is 0 Å². The van der Waals surface area contributed by atoms with Crippen LogP contribution < -0.4 is 10.1 Å². The molecule has 2 aliphatic rings. The molecular formula is C16H23NO2. The van der Waals surface area contributed by atoms with Gasteiger partial charge in [-0.1, -0.05) is 6.07 Å². The molecule has 0 amide bonds. The van der Waals surface area contributed by atoms with Crippen molar-refractivity contribution < 1.29 is 9.47 Å². The first-order valence-electron chi connectivity index (χ1n) is 7.30. The SMILES string of the molecule is CC1(C)CCC(COc2cccc3c2CCCN3)O1. The van der Waals surface area contributed by atoms with Gasteiger partial charge >= 0.3 is 0 Å². The van der Waals surface area contributed by atoms with Gasteiger partial charge in [0.25, 0.3) is 0 Å². The largest absolute Gasteiger partial charge is 0.491 e. The van der Waals surface area contributed by atoms with Crippen LogP contribution in [0, 0.1) is 0 Å². The van der Waals surface area contributed by atoms with E-state index in [4.69, 9.17) is 9.47 Å². The lowest BCUT2D eigenvalue weighted by Gasteiger charge is -2.23. The lowest BCUT2D eigenvalue weighted by Crippen LogP contribution is -2.24. The van der Waals surface area contributed by atoms with Gasteiger partial charge in [0.15, 0.2) is 0 Å². The molecule has 0 bridgehead atoms. The molecule has 19 heavy (non-hydrogen) atoms. The molecular weight excluding hydrogens is 238 g/mol.